The number of ether oxygens (including phenoxy) is 1. The molecule has 1 saturated heterocycles. The smallest absolute Gasteiger partial charge is 0.233 e. The van der Waals surface area contributed by atoms with E-state index in [-0.39, 0.29) is 11.8 Å². The molecular weight excluding hydrogens is 354 g/mol. The molecule has 28 heavy (non-hydrogen) atoms. The third-order valence-corrected chi connectivity index (χ3v) is 5.84. The summed E-state index contributed by atoms with van der Waals surface area (Å²) < 4.78 is 11.2. The molecule has 1 amide bonds. The maximum Gasteiger partial charge on any atom is 0.233 e. The van der Waals surface area contributed by atoms with Gasteiger partial charge in [-0.25, -0.2) is 0 Å². The van der Waals surface area contributed by atoms with Gasteiger partial charge >= 0.3 is 0 Å². The Morgan fingerprint density at radius 2 is 2.07 bits per heavy atom. The molecule has 0 spiro atoms. The van der Waals surface area contributed by atoms with Crippen molar-refractivity contribution in [2.45, 2.75) is 57.8 Å². The van der Waals surface area contributed by atoms with Gasteiger partial charge in [-0.15, -0.1) is 0 Å². The number of carbonyl (C=O) groups excluding carboxylic acids is 1. The fourth-order valence-electron chi connectivity index (χ4n) is 4.11. The monoisotopic (exact) mass is 383 g/mol. The lowest BCUT2D eigenvalue weighted by Crippen LogP contribution is -2.49. The normalized spacial score (nSPS) is 18.1. The van der Waals surface area contributed by atoms with Gasteiger partial charge in [0.05, 0.1) is 12.5 Å². The molecular formula is C22H29N3O3. The molecule has 150 valence electrons. The minimum absolute atomic E-state index is 0.175. The first kappa shape index (κ1) is 19.0. The van der Waals surface area contributed by atoms with Crippen molar-refractivity contribution in [3.63, 3.8) is 0 Å². The number of hydrogen-bond donors (Lipinski definition) is 0. The van der Waals surface area contributed by atoms with Gasteiger partial charge in [0.2, 0.25) is 11.8 Å². The van der Waals surface area contributed by atoms with E-state index in [9.17, 15) is 4.79 Å². The van der Waals surface area contributed by atoms with Crippen molar-refractivity contribution < 1.29 is 14.1 Å². The molecule has 0 N–H and O–H groups in total. The van der Waals surface area contributed by atoms with E-state index in [0.717, 1.165) is 5.75 Å². The first-order chi connectivity index (χ1) is 13.7. The maximum absolute atomic E-state index is 12.4. The molecule has 1 saturated carbocycles. The van der Waals surface area contributed by atoms with E-state index >= 15 is 0 Å². The second-order valence-corrected chi connectivity index (χ2v) is 8.17. The summed E-state index contributed by atoms with van der Waals surface area (Å²) in [7, 11) is 0. The zero-order chi connectivity index (χ0) is 19.3. The zero-order valence-corrected chi connectivity index (χ0v) is 16.6. The SMILES string of the molecule is Cc1cccc(OCCc2noc(C3CN(C(=O)CC4CCCCC4)C3)n2)c1. The molecule has 4 rings (SSSR count). The average Bonchev–Trinajstić information content (AvgIpc) is 3.10. The first-order valence-corrected chi connectivity index (χ1v) is 10.5. The second-order valence-electron chi connectivity index (χ2n) is 8.17. The van der Waals surface area contributed by atoms with Crippen LogP contribution in [0.5, 0.6) is 5.75 Å². The zero-order valence-electron chi connectivity index (χ0n) is 16.6. The lowest BCUT2D eigenvalue weighted by atomic mass is 9.86. The summed E-state index contributed by atoms with van der Waals surface area (Å²) in [5.74, 6) is 3.21. The van der Waals surface area contributed by atoms with Crippen molar-refractivity contribution in [3.05, 3.63) is 41.5 Å². The minimum Gasteiger partial charge on any atom is -0.493 e. The summed E-state index contributed by atoms with van der Waals surface area (Å²) >= 11 is 0. The number of carbonyl (C=O) groups is 1. The molecule has 2 aliphatic rings. The van der Waals surface area contributed by atoms with Crippen LogP contribution in [0.25, 0.3) is 0 Å². The van der Waals surface area contributed by atoms with Crippen LogP contribution in [0.4, 0.5) is 0 Å². The highest BCUT2D eigenvalue weighted by molar-refractivity contribution is 5.77. The largest absolute Gasteiger partial charge is 0.493 e. The molecule has 1 aliphatic heterocycles. The minimum atomic E-state index is 0.175. The van der Waals surface area contributed by atoms with Gasteiger partial charge in [-0.05, 0) is 43.4 Å². The third kappa shape index (κ3) is 4.72. The Bertz CT molecular complexity index is 792. The molecule has 0 bridgehead atoms. The van der Waals surface area contributed by atoms with Crippen LogP contribution in [0.15, 0.2) is 28.8 Å². The standard InChI is InChI=1S/C22H29N3O3/c1-16-6-5-9-19(12-16)27-11-10-20-23-22(28-24-20)18-14-25(15-18)21(26)13-17-7-3-2-4-8-17/h5-6,9,12,17-18H,2-4,7-8,10-11,13-15H2,1H3. The average molecular weight is 383 g/mol. The highest BCUT2D eigenvalue weighted by atomic mass is 16.5. The fourth-order valence-corrected chi connectivity index (χ4v) is 4.11. The fraction of sp³-hybridized carbons (Fsp3) is 0.591. The number of aryl methyl sites for hydroxylation is 1. The van der Waals surface area contributed by atoms with Gasteiger partial charge in [0, 0.05) is 25.9 Å². The Hall–Kier alpha value is -2.37. The number of rotatable bonds is 7. The summed E-state index contributed by atoms with van der Waals surface area (Å²) in [4.78, 5) is 18.8. The molecule has 1 aliphatic carbocycles. The number of amides is 1. The number of aromatic nitrogens is 2. The highest BCUT2D eigenvalue weighted by Gasteiger charge is 2.36. The maximum atomic E-state index is 12.4. The molecule has 6 heteroatoms. The van der Waals surface area contributed by atoms with Crippen LogP contribution in [-0.4, -0.2) is 40.6 Å². The number of likely N-dealkylation sites (tertiary alicyclic amines) is 1. The summed E-state index contributed by atoms with van der Waals surface area (Å²) in [6.45, 7) is 3.96. The molecule has 1 aromatic carbocycles. The second kappa shape index (κ2) is 8.76. The Labute approximate surface area is 166 Å². The van der Waals surface area contributed by atoms with Crippen molar-refractivity contribution in [2.24, 2.45) is 5.92 Å². The lowest BCUT2D eigenvalue weighted by molar-refractivity contribution is -0.137. The van der Waals surface area contributed by atoms with Crippen LogP contribution < -0.4 is 4.74 Å². The predicted octanol–water partition coefficient (Wildman–Crippen LogP) is 3.90. The predicted molar refractivity (Wildman–Crippen MR) is 105 cm³/mol. The highest BCUT2D eigenvalue weighted by Crippen LogP contribution is 2.30. The molecule has 2 heterocycles. The molecule has 1 aromatic heterocycles. The van der Waals surface area contributed by atoms with E-state index in [0.29, 0.717) is 50.2 Å². The van der Waals surface area contributed by atoms with Crippen LogP contribution in [0.2, 0.25) is 0 Å². The molecule has 0 radical (unpaired) electrons. The van der Waals surface area contributed by atoms with Crippen LogP contribution in [0, 0.1) is 12.8 Å². The molecule has 2 aromatic rings. The third-order valence-electron chi connectivity index (χ3n) is 5.84. The number of benzene rings is 1. The molecule has 0 atom stereocenters. The van der Waals surface area contributed by atoms with E-state index in [2.05, 4.69) is 10.1 Å². The molecule has 0 unspecified atom stereocenters. The van der Waals surface area contributed by atoms with Crippen LogP contribution >= 0.6 is 0 Å². The first-order valence-electron chi connectivity index (χ1n) is 10.5. The summed E-state index contributed by atoms with van der Waals surface area (Å²) in [5.41, 5.74) is 1.17. The van der Waals surface area contributed by atoms with Crippen LogP contribution in [-0.2, 0) is 11.2 Å². The van der Waals surface area contributed by atoms with Gasteiger partial charge in [-0.1, -0.05) is 36.6 Å². The van der Waals surface area contributed by atoms with Crippen LogP contribution in [0.3, 0.4) is 0 Å². The Morgan fingerprint density at radius 3 is 2.86 bits per heavy atom. The van der Waals surface area contributed by atoms with E-state index in [1.807, 2.05) is 36.1 Å². The Kier molecular flexibility index (Phi) is 5.93. The number of hydrogen-bond acceptors (Lipinski definition) is 5. The van der Waals surface area contributed by atoms with Crippen LogP contribution in [0.1, 0.15) is 61.7 Å². The van der Waals surface area contributed by atoms with Crippen molar-refractivity contribution in [1.82, 2.24) is 15.0 Å². The van der Waals surface area contributed by atoms with E-state index < -0.39 is 0 Å². The van der Waals surface area contributed by atoms with E-state index in [1.54, 1.807) is 0 Å². The van der Waals surface area contributed by atoms with Crippen molar-refractivity contribution in [1.29, 1.82) is 0 Å². The van der Waals surface area contributed by atoms with E-state index in [1.165, 1.54) is 37.7 Å². The molecule has 2 fully saturated rings. The lowest BCUT2D eigenvalue weighted by Gasteiger charge is -2.38. The van der Waals surface area contributed by atoms with Crippen molar-refractivity contribution in [2.75, 3.05) is 19.7 Å². The summed E-state index contributed by atoms with van der Waals surface area (Å²) in [6.07, 6.45) is 7.61. The van der Waals surface area contributed by atoms with Crippen molar-refractivity contribution >= 4 is 5.91 Å². The molecule has 6 nitrogen and oxygen atoms in total. The van der Waals surface area contributed by atoms with E-state index in [4.69, 9.17) is 9.26 Å². The van der Waals surface area contributed by atoms with Gasteiger partial charge < -0.3 is 14.2 Å². The van der Waals surface area contributed by atoms with Gasteiger partial charge in [0.15, 0.2) is 5.82 Å². The topological polar surface area (TPSA) is 68.5 Å². The Balaban J connectivity index is 1.19. The quantitative estimate of drug-likeness (QED) is 0.725. The summed E-state index contributed by atoms with van der Waals surface area (Å²) in [6, 6.07) is 7.98. The van der Waals surface area contributed by atoms with Crippen molar-refractivity contribution in [3.8, 4) is 5.75 Å². The van der Waals surface area contributed by atoms with Gasteiger partial charge in [0.25, 0.3) is 0 Å². The number of nitrogens with zero attached hydrogens (tertiary/aromatic N) is 3. The Morgan fingerprint density at radius 1 is 1.25 bits per heavy atom. The summed E-state index contributed by atoms with van der Waals surface area (Å²) in [5, 5.41) is 4.06. The van der Waals surface area contributed by atoms with Gasteiger partial charge in [-0.3, -0.25) is 4.79 Å². The van der Waals surface area contributed by atoms with Gasteiger partial charge in [-0.2, -0.15) is 4.98 Å². The van der Waals surface area contributed by atoms with Gasteiger partial charge in [0.1, 0.15) is 5.75 Å².